The highest BCUT2D eigenvalue weighted by Gasteiger charge is 1.97. The molecule has 0 aliphatic heterocycles. The maximum Gasteiger partial charge on any atom is 0.140 e. The summed E-state index contributed by atoms with van der Waals surface area (Å²) >= 11 is 3.41. The van der Waals surface area contributed by atoms with E-state index >= 15 is 0 Å². The SMILES string of the molecule is C=CCCOCCNc1ncccc1Br. The Kier molecular flexibility index (Phi) is 6.04. The highest BCUT2D eigenvalue weighted by Crippen LogP contribution is 2.17. The van der Waals surface area contributed by atoms with Crippen LogP contribution in [0.5, 0.6) is 0 Å². The lowest BCUT2D eigenvalue weighted by Gasteiger charge is -2.07. The molecule has 0 aliphatic carbocycles. The zero-order valence-electron chi connectivity index (χ0n) is 8.58. The first-order chi connectivity index (χ1) is 7.34. The molecule has 3 nitrogen and oxygen atoms in total. The molecule has 1 rings (SSSR count). The van der Waals surface area contributed by atoms with Gasteiger partial charge >= 0.3 is 0 Å². The first-order valence-electron chi connectivity index (χ1n) is 4.87. The average Bonchev–Trinajstić information content (AvgIpc) is 2.25. The van der Waals surface area contributed by atoms with E-state index in [4.69, 9.17) is 4.74 Å². The molecule has 1 N–H and O–H groups in total. The van der Waals surface area contributed by atoms with E-state index in [1.54, 1.807) is 6.20 Å². The van der Waals surface area contributed by atoms with E-state index in [1.165, 1.54) is 0 Å². The summed E-state index contributed by atoms with van der Waals surface area (Å²) in [6, 6.07) is 3.84. The van der Waals surface area contributed by atoms with Crippen molar-refractivity contribution in [2.24, 2.45) is 0 Å². The van der Waals surface area contributed by atoms with Crippen molar-refractivity contribution >= 4 is 21.7 Å². The van der Waals surface area contributed by atoms with E-state index in [-0.39, 0.29) is 0 Å². The highest BCUT2D eigenvalue weighted by atomic mass is 79.9. The van der Waals surface area contributed by atoms with Crippen LogP contribution in [0.3, 0.4) is 0 Å². The van der Waals surface area contributed by atoms with Crippen LogP contribution in [0.4, 0.5) is 5.82 Å². The molecule has 1 aromatic heterocycles. The largest absolute Gasteiger partial charge is 0.379 e. The lowest BCUT2D eigenvalue weighted by molar-refractivity contribution is 0.149. The van der Waals surface area contributed by atoms with Crippen LogP contribution in [-0.4, -0.2) is 24.7 Å². The summed E-state index contributed by atoms with van der Waals surface area (Å²) in [4.78, 5) is 4.18. The fourth-order valence-electron chi connectivity index (χ4n) is 1.03. The maximum atomic E-state index is 5.36. The quantitative estimate of drug-likeness (QED) is 0.611. The number of halogens is 1. The van der Waals surface area contributed by atoms with Gasteiger partial charge in [0.1, 0.15) is 5.82 Å². The minimum absolute atomic E-state index is 0.677. The molecule has 0 atom stereocenters. The van der Waals surface area contributed by atoms with E-state index < -0.39 is 0 Å². The number of aromatic nitrogens is 1. The second-order valence-electron chi connectivity index (χ2n) is 2.95. The van der Waals surface area contributed by atoms with Crippen LogP contribution >= 0.6 is 15.9 Å². The lowest BCUT2D eigenvalue weighted by Crippen LogP contribution is -2.11. The molecule has 0 aliphatic rings. The summed E-state index contributed by atoms with van der Waals surface area (Å²) in [6.45, 7) is 5.79. The number of nitrogens with one attached hydrogen (secondary N) is 1. The predicted molar refractivity (Wildman–Crippen MR) is 66.1 cm³/mol. The molecule has 0 fully saturated rings. The van der Waals surface area contributed by atoms with Crippen LogP contribution in [-0.2, 0) is 4.74 Å². The molecule has 0 bridgehead atoms. The predicted octanol–water partition coefficient (Wildman–Crippen LogP) is 2.85. The molecule has 0 amide bonds. The van der Waals surface area contributed by atoms with Crippen molar-refractivity contribution < 1.29 is 4.74 Å². The summed E-state index contributed by atoms with van der Waals surface area (Å²) in [5.74, 6) is 0.852. The smallest absolute Gasteiger partial charge is 0.140 e. The Balaban J connectivity index is 2.15. The average molecular weight is 271 g/mol. The fraction of sp³-hybridized carbons (Fsp3) is 0.364. The summed E-state index contributed by atoms with van der Waals surface area (Å²) in [7, 11) is 0. The third kappa shape index (κ3) is 4.95. The van der Waals surface area contributed by atoms with Crippen LogP contribution in [0.1, 0.15) is 6.42 Å². The maximum absolute atomic E-state index is 5.36. The van der Waals surface area contributed by atoms with Gasteiger partial charge in [0.25, 0.3) is 0 Å². The van der Waals surface area contributed by atoms with Gasteiger partial charge in [-0.1, -0.05) is 6.08 Å². The van der Waals surface area contributed by atoms with Crippen molar-refractivity contribution in [1.29, 1.82) is 0 Å². The molecule has 1 heterocycles. The zero-order valence-corrected chi connectivity index (χ0v) is 10.2. The number of nitrogens with zero attached hydrogens (tertiary/aromatic N) is 1. The van der Waals surface area contributed by atoms with Crippen LogP contribution in [0.25, 0.3) is 0 Å². The van der Waals surface area contributed by atoms with Crippen LogP contribution in [0.15, 0.2) is 35.5 Å². The molecule has 15 heavy (non-hydrogen) atoms. The molecule has 82 valence electrons. The third-order valence-corrected chi connectivity index (χ3v) is 2.40. The van der Waals surface area contributed by atoms with Crippen LogP contribution in [0.2, 0.25) is 0 Å². The van der Waals surface area contributed by atoms with Gasteiger partial charge in [0.05, 0.1) is 17.7 Å². The highest BCUT2D eigenvalue weighted by molar-refractivity contribution is 9.10. The van der Waals surface area contributed by atoms with Gasteiger partial charge in [0, 0.05) is 12.7 Å². The summed E-state index contributed by atoms with van der Waals surface area (Å²) in [5.41, 5.74) is 0. The summed E-state index contributed by atoms with van der Waals surface area (Å²) < 4.78 is 6.33. The van der Waals surface area contributed by atoms with Gasteiger partial charge in [-0.15, -0.1) is 6.58 Å². The molecule has 0 spiro atoms. The number of hydrogen-bond donors (Lipinski definition) is 1. The number of hydrogen-bond acceptors (Lipinski definition) is 3. The van der Waals surface area contributed by atoms with Crippen molar-refractivity contribution in [3.8, 4) is 0 Å². The Bertz CT molecular complexity index is 304. The van der Waals surface area contributed by atoms with Crippen molar-refractivity contribution in [3.63, 3.8) is 0 Å². The van der Waals surface area contributed by atoms with Crippen molar-refractivity contribution in [2.75, 3.05) is 25.1 Å². The van der Waals surface area contributed by atoms with Crippen molar-refractivity contribution in [1.82, 2.24) is 4.98 Å². The molecule has 0 saturated heterocycles. The number of rotatable bonds is 7. The standard InChI is InChI=1S/C11H15BrN2O/c1-2-3-8-15-9-7-14-11-10(12)5-4-6-13-11/h2,4-6H,1,3,7-9H2,(H,13,14). The second-order valence-corrected chi connectivity index (χ2v) is 3.80. The fourth-order valence-corrected chi connectivity index (χ4v) is 1.42. The van der Waals surface area contributed by atoms with Gasteiger partial charge in [0.2, 0.25) is 0 Å². The van der Waals surface area contributed by atoms with Crippen molar-refractivity contribution in [2.45, 2.75) is 6.42 Å². The second kappa shape index (κ2) is 7.43. The van der Waals surface area contributed by atoms with Gasteiger partial charge in [-0.3, -0.25) is 0 Å². The zero-order chi connectivity index (χ0) is 10.9. The molecule has 0 unspecified atom stereocenters. The molecule has 4 heteroatoms. The minimum atomic E-state index is 0.677. The molecule has 1 aromatic rings. The van der Waals surface area contributed by atoms with Gasteiger partial charge in [-0.25, -0.2) is 4.98 Å². The normalized spacial score (nSPS) is 9.93. The van der Waals surface area contributed by atoms with Gasteiger partial charge in [-0.05, 0) is 34.5 Å². The monoisotopic (exact) mass is 270 g/mol. The first kappa shape index (κ1) is 12.2. The first-order valence-corrected chi connectivity index (χ1v) is 5.67. The van der Waals surface area contributed by atoms with Gasteiger partial charge < -0.3 is 10.1 Å². The third-order valence-electron chi connectivity index (χ3n) is 1.76. The van der Waals surface area contributed by atoms with Crippen LogP contribution < -0.4 is 5.32 Å². The number of pyridine rings is 1. The van der Waals surface area contributed by atoms with Gasteiger partial charge in [-0.2, -0.15) is 0 Å². The Morgan fingerprint density at radius 2 is 2.40 bits per heavy atom. The van der Waals surface area contributed by atoms with E-state index in [9.17, 15) is 0 Å². The Morgan fingerprint density at radius 1 is 1.53 bits per heavy atom. The molecular formula is C11H15BrN2O. The Hall–Kier alpha value is -0.870. The minimum Gasteiger partial charge on any atom is -0.379 e. The summed E-state index contributed by atoms with van der Waals surface area (Å²) in [6.07, 6.45) is 4.50. The van der Waals surface area contributed by atoms with Crippen molar-refractivity contribution in [3.05, 3.63) is 35.5 Å². The topological polar surface area (TPSA) is 34.1 Å². The lowest BCUT2D eigenvalue weighted by atomic mass is 10.4. The Labute approximate surface area is 98.7 Å². The molecule has 0 saturated carbocycles. The van der Waals surface area contributed by atoms with E-state index in [0.717, 1.165) is 29.9 Å². The van der Waals surface area contributed by atoms with E-state index in [0.29, 0.717) is 6.61 Å². The number of anilines is 1. The summed E-state index contributed by atoms with van der Waals surface area (Å²) in [5, 5.41) is 3.18. The molecule has 0 aromatic carbocycles. The van der Waals surface area contributed by atoms with E-state index in [1.807, 2.05) is 18.2 Å². The van der Waals surface area contributed by atoms with E-state index in [2.05, 4.69) is 32.8 Å². The van der Waals surface area contributed by atoms with Crippen LogP contribution in [0, 0.1) is 0 Å². The van der Waals surface area contributed by atoms with Gasteiger partial charge in [0.15, 0.2) is 0 Å². The molecule has 0 radical (unpaired) electrons. The molecular weight excluding hydrogens is 256 g/mol. The number of ether oxygens (including phenoxy) is 1. The Morgan fingerprint density at radius 3 is 3.13 bits per heavy atom.